The number of ether oxygens (including phenoxy) is 1. The molecule has 0 bridgehead atoms. The van der Waals surface area contributed by atoms with Crippen molar-refractivity contribution in [3.8, 4) is 5.75 Å². The molecule has 0 aliphatic rings. The molecule has 3 rings (SSSR count). The Morgan fingerprint density at radius 3 is 2.20 bits per heavy atom. The minimum atomic E-state index is -0.365. The SMILES string of the molecule is Cc1ccc(C(=O)Oc2ccc(C=Nc3ccc(Br)cc3)cc2)cc1. The number of hydrogen-bond donors (Lipinski definition) is 0. The Balaban J connectivity index is 1.64. The number of benzene rings is 3. The van der Waals surface area contributed by atoms with Crippen molar-refractivity contribution in [3.05, 3.63) is 94.0 Å². The summed E-state index contributed by atoms with van der Waals surface area (Å²) >= 11 is 3.40. The van der Waals surface area contributed by atoms with Gasteiger partial charge in [-0.1, -0.05) is 33.6 Å². The number of esters is 1. The highest BCUT2D eigenvalue weighted by molar-refractivity contribution is 9.10. The van der Waals surface area contributed by atoms with E-state index in [1.54, 1.807) is 30.5 Å². The molecular formula is C21H16BrNO2. The highest BCUT2D eigenvalue weighted by Crippen LogP contribution is 2.18. The van der Waals surface area contributed by atoms with Crippen LogP contribution in [0.2, 0.25) is 0 Å². The molecule has 0 aliphatic heterocycles. The van der Waals surface area contributed by atoms with Gasteiger partial charge in [0.1, 0.15) is 5.75 Å². The third kappa shape index (κ3) is 4.88. The molecule has 0 saturated carbocycles. The standard InChI is InChI=1S/C21H16BrNO2/c1-15-2-6-17(7-3-15)21(24)25-20-12-4-16(5-13-20)14-23-19-10-8-18(22)9-11-19/h2-14H,1H3. The molecule has 0 amide bonds. The van der Waals surface area contributed by atoms with Crippen LogP contribution in [0.15, 0.2) is 82.3 Å². The quantitative estimate of drug-likeness (QED) is 0.322. The zero-order valence-electron chi connectivity index (χ0n) is 13.6. The zero-order valence-corrected chi connectivity index (χ0v) is 15.2. The topological polar surface area (TPSA) is 38.7 Å². The molecule has 0 radical (unpaired) electrons. The van der Waals surface area contributed by atoms with E-state index in [1.165, 1.54) is 0 Å². The molecule has 0 aliphatic carbocycles. The van der Waals surface area contributed by atoms with Crippen LogP contribution in [-0.4, -0.2) is 12.2 Å². The van der Waals surface area contributed by atoms with E-state index in [1.807, 2.05) is 55.5 Å². The fraction of sp³-hybridized carbons (Fsp3) is 0.0476. The summed E-state index contributed by atoms with van der Waals surface area (Å²) in [5, 5.41) is 0. The largest absolute Gasteiger partial charge is 0.423 e. The number of halogens is 1. The highest BCUT2D eigenvalue weighted by atomic mass is 79.9. The average molecular weight is 394 g/mol. The Labute approximate surface area is 155 Å². The third-order valence-corrected chi connectivity index (χ3v) is 4.10. The molecule has 3 aromatic carbocycles. The summed E-state index contributed by atoms with van der Waals surface area (Å²) in [5.74, 6) is 0.141. The maximum absolute atomic E-state index is 12.1. The molecule has 0 unspecified atom stereocenters. The van der Waals surface area contributed by atoms with E-state index >= 15 is 0 Å². The van der Waals surface area contributed by atoms with Gasteiger partial charge in [0.15, 0.2) is 0 Å². The number of aryl methyl sites for hydroxylation is 1. The maximum atomic E-state index is 12.1. The van der Waals surface area contributed by atoms with Gasteiger partial charge < -0.3 is 4.74 Å². The van der Waals surface area contributed by atoms with Crippen molar-refractivity contribution in [2.75, 3.05) is 0 Å². The van der Waals surface area contributed by atoms with E-state index in [9.17, 15) is 4.79 Å². The maximum Gasteiger partial charge on any atom is 0.343 e. The Morgan fingerprint density at radius 2 is 1.56 bits per heavy atom. The highest BCUT2D eigenvalue weighted by Gasteiger charge is 2.07. The molecule has 0 saturated heterocycles. The van der Waals surface area contributed by atoms with Crippen molar-refractivity contribution in [1.82, 2.24) is 0 Å². The number of carbonyl (C=O) groups excluding carboxylic acids is 1. The summed E-state index contributed by atoms with van der Waals surface area (Å²) in [6, 6.07) is 22.3. The first-order valence-electron chi connectivity index (χ1n) is 7.79. The van der Waals surface area contributed by atoms with Crippen LogP contribution in [0.5, 0.6) is 5.75 Å². The molecule has 0 fully saturated rings. The van der Waals surface area contributed by atoms with Crippen LogP contribution in [0, 0.1) is 6.92 Å². The third-order valence-electron chi connectivity index (χ3n) is 3.57. The van der Waals surface area contributed by atoms with E-state index in [4.69, 9.17) is 4.74 Å². The second-order valence-electron chi connectivity index (χ2n) is 5.56. The molecule has 3 aromatic rings. The van der Waals surface area contributed by atoms with Crippen LogP contribution in [0.3, 0.4) is 0 Å². The first-order valence-corrected chi connectivity index (χ1v) is 8.58. The van der Waals surface area contributed by atoms with Crippen LogP contribution in [-0.2, 0) is 0 Å². The minimum absolute atomic E-state index is 0.365. The van der Waals surface area contributed by atoms with Gasteiger partial charge in [-0.15, -0.1) is 0 Å². The number of aliphatic imine (C=N–C) groups is 1. The van der Waals surface area contributed by atoms with Crippen molar-refractivity contribution in [3.63, 3.8) is 0 Å². The van der Waals surface area contributed by atoms with Gasteiger partial charge >= 0.3 is 5.97 Å². The van der Waals surface area contributed by atoms with Gasteiger partial charge in [0.2, 0.25) is 0 Å². The fourth-order valence-electron chi connectivity index (χ4n) is 2.15. The predicted octanol–water partition coefficient (Wildman–Crippen LogP) is 5.73. The van der Waals surface area contributed by atoms with E-state index in [-0.39, 0.29) is 5.97 Å². The Kier molecular flexibility index (Phi) is 5.41. The Morgan fingerprint density at radius 1 is 0.920 bits per heavy atom. The van der Waals surface area contributed by atoms with Crippen molar-refractivity contribution in [2.45, 2.75) is 6.92 Å². The molecule has 0 N–H and O–H groups in total. The van der Waals surface area contributed by atoms with E-state index < -0.39 is 0 Å². The Bertz CT molecular complexity index is 883. The first kappa shape index (κ1) is 17.1. The number of rotatable bonds is 4. The van der Waals surface area contributed by atoms with Crippen molar-refractivity contribution in [2.24, 2.45) is 4.99 Å². The van der Waals surface area contributed by atoms with Gasteiger partial charge in [0.25, 0.3) is 0 Å². The summed E-state index contributed by atoms with van der Waals surface area (Å²) in [6.07, 6.45) is 1.77. The van der Waals surface area contributed by atoms with Crippen LogP contribution < -0.4 is 4.74 Å². The second kappa shape index (κ2) is 7.90. The lowest BCUT2D eigenvalue weighted by molar-refractivity contribution is 0.0735. The average Bonchev–Trinajstić information content (AvgIpc) is 2.63. The predicted molar refractivity (Wildman–Crippen MR) is 104 cm³/mol. The summed E-state index contributed by atoms with van der Waals surface area (Å²) in [4.78, 5) is 16.5. The minimum Gasteiger partial charge on any atom is -0.423 e. The first-order chi connectivity index (χ1) is 12.1. The second-order valence-corrected chi connectivity index (χ2v) is 6.47. The lowest BCUT2D eigenvalue weighted by Gasteiger charge is -2.05. The lowest BCUT2D eigenvalue weighted by atomic mass is 10.1. The molecule has 0 aromatic heterocycles. The number of carbonyl (C=O) groups is 1. The van der Waals surface area contributed by atoms with Gasteiger partial charge in [0, 0.05) is 10.7 Å². The molecule has 0 heterocycles. The molecule has 0 spiro atoms. The van der Waals surface area contributed by atoms with Crippen LogP contribution in [0.1, 0.15) is 21.5 Å². The number of nitrogens with zero attached hydrogens (tertiary/aromatic N) is 1. The smallest absolute Gasteiger partial charge is 0.343 e. The zero-order chi connectivity index (χ0) is 17.6. The van der Waals surface area contributed by atoms with Crippen molar-refractivity contribution < 1.29 is 9.53 Å². The molecule has 25 heavy (non-hydrogen) atoms. The summed E-state index contributed by atoms with van der Waals surface area (Å²) < 4.78 is 6.40. The van der Waals surface area contributed by atoms with Crippen molar-refractivity contribution in [1.29, 1.82) is 0 Å². The van der Waals surface area contributed by atoms with E-state index in [2.05, 4.69) is 20.9 Å². The lowest BCUT2D eigenvalue weighted by Crippen LogP contribution is -2.08. The van der Waals surface area contributed by atoms with Crippen LogP contribution in [0.4, 0.5) is 5.69 Å². The van der Waals surface area contributed by atoms with Crippen LogP contribution in [0.25, 0.3) is 0 Å². The normalized spacial score (nSPS) is 10.8. The summed E-state index contributed by atoms with van der Waals surface area (Å²) in [7, 11) is 0. The summed E-state index contributed by atoms with van der Waals surface area (Å²) in [6.45, 7) is 1.98. The van der Waals surface area contributed by atoms with Gasteiger partial charge in [-0.2, -0.15) is 0 Å². The van der Waals surface area contributed by atoms with Crippen LogP contribution >= 0.6 is 15.9 Å². The van der Waals surface area contributed by atoms with Gasteiger partial charge in [-0.05, 0) is 73.2 Å². The molecule has 4 heteroatoms. The van der Waals surface area contributed by atoms with E-state index in [0.29, 0.717) is 11.3 Å². The number of hydrogen-bond acceptors (Lipinski definition) is 3. The van der Waals surface area contributed by atoms with Gasteiger partial charge in [0.05, 0.1) is 11.3 Å². The molecular weight excluding hydrogens is 378 g/mol. The van der Waals surface area contributed by atoms with E-state index in [0.717, 1.165) is 21.3 Å². The van der Waals surface area contributed by atoms with Gasteiger partial charge in [-0.25, -0.2) is 4.79 Å². The summed E-state index contributed by atoms with van der Waals surface area (Å²) in [5.41, 5.74) is 3.44. The molecule has 124 valence electrons. The van der Waals surface area contributed by atoms with Gasteiger partial charge in [-0.3, -0.25) is 4.99 Å². The Hall–Kier alpha value is -2.72. The molecule has 3 nitrogen and oxygen atoms in total. The fourth-order valence-corrected chi connectivity index (χ4v) is 2.42. The molecule has 0 atom stereocenters. The monoisotopic (exact) mass is 393 g/mol. The van der Waals surface area contributed by atoms with Crippen molar-refractivity contribution >= 4 is 33.8 Å².